The number of aromatic nitrogens is 2. The number of hydrogen-bond acceptors (Lipinski definition) is 4. The number of sulfone groups is 1. The third-order valence-electron chi connectivity index (χ3n) is 3.94. The van der Waals surface area contributed by atoms with Crippen LogP contribution in [0.15, 0.2) is 30.5 Å². The van der Waals surface area contributed by atoms with Crippen LogP contribution in [0.3, 0.4) is 0 Å². The van der Waals surface area contributed by atoms with E-state index in [1.807, 2.05) is 18.3 Å². The van der Waals surface area contributed by atoms with Crippen LogP contribution in [0.25, 0.3) is 11.3 Å². The van der Waals surface area contributed by atoms with Crippen LogP contribution in [0.2, 0.25) is 0 Å². The minimum absolute atomic E-state index is 0.238. The maximum absolute atomic E-state index is 11.5. The zero-order valence-electron chi connectivity index (χ0n) is 12.0. The highest BCUT2D eigenvalue weighted by atomic mass is 32.2. The number of aromatic amines is 1. The molecular weight excluding hydrogens is 286 g/mol. The van der Waals surface area contributed by atoms with Gasteiger partial charge in [0.25, 0.3) is 0 Å². The molecule has 0 amide bonds. The van der Waals surface area contributed by atoms with Crippen molar-refractivity contribution < 1.29 is 8.42 Å². The molecule has 2 aromatic rings. The quantitative estimate of drug-likeness (QED) is 0.940. The minimum Gasteiger partial charge on any atom is -0.369 e. The Morgan fingerprint density at radius 2 is 2.05 bits per heavy atom. The van der Waals surface area contributed by atoms with Crippen LogP contribution in [0.5, 0.6) is 0 Å². The predicted molar refractivity (Wildman–Crippen MR) is 84.3 cm³/mol. The minimum atomic E-state index is -2.85. The number of H-pyrrole nitrogens is 1. The van der Waals surface area contributed by atoms with Gasteiger partial charge in [0.15, 0.2) is 9.84 Å². The van der Waals surface area contributed by atoms with Crippen molar-refractivity contribution in [1.29, 1.82) is 0 Å². The molecule has 0 saturated carbocycles. The van der Waals surface area contributed by atoms with Gasteiger partial charge in [-0.15, -0.1) is 0 Å². The Morgan fingerprint density at radius 1 is 1.29 bits per heavy atom. The van der Waals surface area contributed by atoms with Gasteiger partial charge in [0.05, 0.1) is 23.4 Å². The molecule has 112 valence electrons. The number of rotatable bonds is 3. The number of aryl methyl sites for hydroxylation is 1. The lowest BCUT2D eigenvalue weighted by atomic mass is 10.1. The van der Waals surface area contributed by atoms with Crippen molar-refractivity contribution >= 4 is 15.5 Å². The predicted octanol–water partition coefficient (Wildman–Crippen LogP) is 1.87. The monoisotopic (exact) mass is 305 g/mol. The van der Waals surface area contributed by atoms with Gasteiger partial charge in [0.1, 0.15) is 0 Å². The molecule has 3 rings (SSSR count). The van der Waals surface area contributed by atoms with Crippen LogP contribution in [-0.4, -0.2) is 43.2 Å². The lowest BCUT2D eigenvalue weighted by molar-refractivity contribution is 0.587. The van der Waals surface area contributed by atoms with Crippen LogP contribution in [-0.2, 0) is 16.3 Å². The first kappa shape index (κ1) is 14.1. The number of anilines is 1. The Hall–Kier alpha value is -1.82. The largest absolute Gasteiger partial charge is 0.369 e. The molecule has 5 nitrogen and oxygen atoms in total. The normalized spacial score (nSPS) is 17.9. The van der Waals surface area contributed by atoms with Gasteiger partial charge in [-0.25, -0.2) is 8.42 Å². The van der Waals surface area contributed by atoms with E-state index >= 15 is 0 Å². The second-order valence-corrected chi connectivity index (χ2v) is 7.62. The summed E-state index contributed by atoms with van der Waals surface area (Å²) < 4.78 is 23.0. The standard InChI is InChI=1S/C15H19N3O2S/c1-2-12-11-16-17-15(12)13-4-3-5-14(10-13)18-6-8-21(19,20)9-7-18/h3-5,10-11H,2,6-9H2,1H3,(H,16,17). The molecule has 0 bridgehead atoms. The fraction of sp³-hybridized carbons (Fsp3) is 0.400. The fourth-order valence-electron chi connectivity index (χ4n) is 2.66. The molecule has 1 aromatic heterocycles. The van der Waals surface area contributed by atoms with E-state index in [9.17, 15) is 8.42 Å². The van der Waals surface area contributed by atoms with E-state index < -0.39 is 9.84 Å². The van der Waals surface area contributed by atoms with E-state index in [4.69, 9.17) is 0 Å². The molecule has 21 heavy (non-hydrogen) atoms. The van der Waals surface area contributed by atoms with Crippen LogP contribution < -0.4 is 4.90 Å². The Morgan fingerprint density at radius 3 is 2.76 bits per heavy atom. The number of nitrogens with one attached hydrogen (secondary N) is 1. The van der Waals surface area contributed by atoms with Gasteiger partial charge in [-0.1, -0.05) is 19.1 Å². The van der Waals surface area contributed by atoms with Crippen molar-refractivity contribution in [2.45, 2.75) is 13.3 Å². The molecule has 1 fully saturated rings. The second-order valence-electron chi connectivity index (χ2n) is 5.31. The van der Waals surface area contributed by atoms with E-state index in [2.05, 4.69) is 34.2 Å². The molecule has 0 aliphatic carbocycles. The molecule has 1 N–H and O–H groups in total. The molecule has 0 spiro atoms. The van der Waals surface area contributed by atoms with E-state index in [0.717, 1.165) is 23.4 Å². The number of hydrogen-bond donors (Lipinski definition) is 1. The second kappa shape index (κ2) is 5.52. The van der Waals surface area contributed by atoms with Gasteiger partial charge in [0, 0.05) is 24.3 Å². The van der Waals surface area contributed by atoms with E-state index in [1.165, 1.54) is 5.56 Å². The Bertz CT molecular complexity index is 723. The van der Waals surface area contributed by atoms with Crippen molar-refractivity contribution in [3.63, 3.8) is 0 Å². The van der Waals surface area contributed by atoms with Crippen LogP contribution in [0.4, 0.5) is 5.69 Å². The Balaban J connectivity index is 1.87. The van der Waals surface area contributed by atoms with Crippen molar-refractivity contribution in [2.24, 2.45) is 0 Å². The molecule has 0 atom stereocenters. The number of nitrogens with zero attached hydrogens (tertiary/aromatic N) is 2. The lowest BCUT2D eigenvalue weighted by Gasteiger charge is -2.29. The van der Waals surface area contributed by atoms with E-state index in [-0.39, 0.29) is 11.5 Å². The fourth-order valence-corrected chi connectivity index (χ4v) is 3.86. The lowest BCUT2D eigenvalue weighted by Crippen LogP contribution is -2.40. The summed E-state index contributed by atoms with van der Waals surface area (Å²) in [6.07, 6.45) is 2.79. The summed E-state index contributed by atoms with van der Waals surface area (Å²) in [5, 5.41) is 7.16. The first-order valence-corrected chi connectivity index (χ1v) is 8.99. The molecule has 0 unspecified atom stereocenters. The highest BCUT2D eigenvalue weighted by molar-refractivity contribution is 7.91. The van der Waals surface area contributed by atoms with Crippen molar-refractivity contribution in [2.75, 3.05) is 29.5 Å². The average molecular weight is 305 g/mol. The van der Waals surface area contributed by atoms with Gasteiger partial charge in [-0.05, 0) is 24.1 Å². The summed E-state index contributed by atoms with van der Waals surface area (Å²) >= 11 is 0. The summed E-state index contributed by atoms with van der Waals surface area (Å²) in [7, 11) is -2.85. The summed E-state index contributed by atoms with van der Waals surface area (Å²) in [5.74, 6) is 0.475. The Kier molecular flexibility index (Phi) is 3.71. The van der Waals surface area contributed by atoms with Gasteiger partial charge in [-0.2, -0.15) is 5.10 Å². The SMILES string of the molecule is CCc1cn[nH]c1-c1cccc(N2CCS(=O)(=O)CC2)c1. The van der Waals surface area contributed by atoms with Crippen LogP contribution in [0, 0.1) is 0 Å². The zero-order valence-corrected chi connectivity index (χ0v) is 12.9. The van der Waals surface area contributed by atoms with Gasteiger partial charge >= 0.3 is 0 Å². The molecule has 0 radical (unpaired) electrons. The highest BCUT2D eigenvalue weighted by Crippen LogP contribution is 2.26. The maximum atomic E-state index is 11.5. The maximum Gasteiger partial charge on any atom is 0.153 e. The molecule has 1 aliphatic rings. The molecule has 1 saturated heterocycles. The Labute approximate surface area is 124 Å². The summed E-state index contributed by atoms with van der Waals surface area (Å²) in [4.78, 5) is 2.13. The smallest absolute Gasteiger partial charge is 0.153 e. The van der Waals surface area contributed by atoms with Gasteiger partial charge < -0.3 is 4.90 Å². The van der Waals surface area contributed by atoms with Crippen molar-refractivity contribution in [1.82, 2.24) is 10.2 Å². The van der Waals surface area contributed by atoms with Crippen LogP contribution in [0.1, 0.15) is 12.5 Å². The molecule has 2 heterocycles. The summed E-state index contributed by atoms with van der Waals surface area (Å²) in [6, 6.07) is 8.19. The third kappa shape index (κ3) is 2.95. The van der Waals surface area contributed by atoms with E-state index in [0.29, 0.717) is 13.1 Å². The first-order valence-electron chi connectivity index (χ1n) is 7.17. The van der Waals surface area contributed by atoms with Crippen LogP contribution >= 0.6 is 0 Å². The molecular formula is C15H19N3O2S. The average Bonchev–Trinajstić information content (AvgIpc) is 2.96. The van der Waals surface area contributed by atoms with Gasteiger partial charge in [0.2, 0.25) is 0 Å². The van der Waals surface area contributed by atoms with Crippen molar-refractivity contribution in [3.05, 3.63) is 36.0 Å². The van der Waals surface area contributed by atoms with E-state index in [1.54, 1.807) is 0 Å². The topological polar surface area (TPSA) is 66.1 Å². The molecule has 1 aliphatic heterocycles. The highest BCUT2D eigenvalue weighted by Gasteiger charge is 2.22. The third-order valence-corrected chi connectivity index (χ3v) is 5.55. The van der Waals surface area contributed by atoms with Crippen molar-refractivity contribution in [3.8, 4) is 11.3 Å². The first-order chi connectivity index (χ1) is 10.1. The molecule has 6 heteroatoms. The zero-order chi connectivity index (χ0) is 14.9. The summed E-state index contributed by atoms with van der Waals surface area (Å²) in [6.45, 7) is 3.23. The molecule has 1 aromatic carbocycles. The summed E-state index contributed by atoms with van der Waals surface area (Å²) in [5.41, 5.74) is 4.40. The number of benzene rings is 1. The van der Waals surface area contributed by atoms with Gasteiger partial charge in [-0.3, -0.25) is 5.10 Å².